The molecular formula is C14H20N2O3S2. The quantitative estimate of drug-likeness (QED) is 0.779. The van der Waals surface area contributed by atoms with Crippen LogP contribution >= 0.6 is 23.1 Å². The lowest BCUT2D eigenvalue weighted by molar-refractivity contribution is -0.139. The highest BCUT2D eigenvalue weighted by Gasteiger charge is 2.29. The third-order valence-corrected chi connectivity index (χ3v) is 5.30. The van der Waals surface area contributed by atoms with Crippen LogP contribution in [0.5, 0.6) is 0 Å². The Morgan fingerprint density at radius 2 is 2.38 bits per heavy atom. The van der Waals surface area contributed by atoms with E-state index >= 15 is 0 Å². The van der Waals surface area contributed by atoms with Crippen LogP contribution in [-0.2, 0) is 15.3 Å². The molecule has 5 nitrogen and oxygen atoms in total. The van der Waals surface area contributed by atoms with Gasteiger partial charge in [-0.25, -0.2) is 4.98 Å². The van der Waals surface area contributed by atoms with Crippen LogP contribution in [0.25, 0.3) is 0 Å². The molecule has 2 rings (SSSR count). The Balaban J connectivity index is 1.70. The number of rotatable bonds is 7. The summed E-state index contributed by atoms with van der Waals surface area (Å²) < 4.78 is 0. The van der Waals surface area contributed by atoms with Crippen LogP contribution < -0.4 is 0 Å². The Morgan fingerprint density at radius 3 is 3.05 bits per heavy atom. The number of hydrogen-bond acceptors (Lipinski definition) is 5. The van der Waals surface area contributed by atoms with Crippen molar-refractivity contribution in [2.75, 3.05) is 12.3 Å². The van der Waals surface area contributed by atoms with Gasteiger partial charge in [0.05, 0.1) is 17.1 Å². The van der Waals surface area contributed by atoms with Gasteiger partial charge in [-0.15, -0.1) is 11.3 Å². The fraction of sp³-hybridized carbons (Fsp3) is 0.643. The summed E-state index contributed by atoms with van der Waals surface area (Å²) in [6.45, 7) is 2.69. The van der Waals surface area contributed by atoms with E-state index in [9.17, 15) is 9.59 Å². The smallest absolute Gasteiger partial charge is 0.305 e. The third kappa shape index (κ3) is 5.00. The number of thioether (sulfide) groups is 1. The number of aliphatic carboxylic acids is 1. The van der Waals surface area contributed by atoms with Gasteiger partial charge in [0.1, 0.15) is 0 Å². The fourth-order valence-electron chi connectivity index (χ4n) is 2.53. The molecule has 1 fully saturated rings. The average molecular weight is 328 g/mol. The minimum Gasteiger partial charge on any atom is -0.481 e. The molecular weight excluding hydrogens is 308 g/mol. The molecule has 0 radical (unpaired) electrons. The number of carboxylic acids is 1. The van der Waals surface area contributed by atoms with Gasteiger partial charge < -0.3 is 10.0 Å². The predicted octanol–water partition coefficient (Wildman–Crippen LogP) is 2.54. The first-order valence-electron chi connectivity index (χ1n) is 7.06. The predicted molar refractivity (Wildman–Crippen MR) is 84.6 cm³/mol. The molecule has 21 heavy (non-hydrogen) atoms. The van der Waals surface area contributed by atoms with E-state index in [-0.39, 0.29) is 18.4 Å². The maximum atomic E-state index is 12.2. The Hall–Kier alpha value is -1.08. The Kier molecular flexibility index (Phi) is 6.05. The molecule has 1 saturated heterocycles. The standard InChI is InChI=1S/C14H20N2O3S2/c1-10-15-11(9-21-10)8-20-6-4-13(17)16-5-2-3-12(16)7-14(18)19/h9,12H,2-8H2,1H3,(H,18,19). The fourth-order valence-corrected chi connectivity index (χ4v) is 4.07. The largest absolute Gasteiger partial charge is 0.481 e. The van der Waals surface area contributed by atoms with E-state index in [4.69, 9.17) is 5.11 Å². The molecule has 1 amide bonds. The van der Waals surface area contributed by atoms with Crippen molar-refractivity contribution < 1.29 is 14.7 Å². The molecule has 1 atom stereocenters. The van der Waals surface area contributed by atoms with Gasteiger partial charge in [-0.05, 0) is 19.8 Å². The molecule has 0 aliphatic carbocycles. The third-order valence-electron chi connectivity index (χ3n) is 3.48. The van der Waals surface area contributed by atoms with Crippen molar-refractivity contribution in [2.24, 2.45) is 0 Å². The molecule has 1 unspecified atom stereocenters. The van der Waals surface area contributed by atoms with Gasteiger partial charge in [0.2, 0.25) is 5.91 Å². The van der Waals surface area contributed by atoms with Crippen molar-refractivity contribution in [3.8, 4) is 0 Å². The number of thiazole rings is 1. The van der Waals surface area contributed by atoms with Crippen LogP contribution in [0.3, 0.4) is 0 Å². The summed E-state index contributed by atoms with van der Waals surface area (Å²) in [6, 6.07) is -0.110. The number of nitrogens with zero attached hydrogens (tertiary/aromatic N) is 2. The Bertz CT molecular complexity index is 504. The second-order valence-electron chi connectivity index (χ2n) is 5.14. The highest BCUT2D eigenvalue weighted by Crippen LogP contribution is 2.22. The normalized spacial score (nSPS) is 18.1. The zero-order valence-corrected chi connectivity index (χ0v) is 13.7. The number of carbonyl (C=O) groups is 2. The molecule has 116 valence electrons. The Labute approximate surface area is 132 Å². The number of hydrogen-bond donors (Lipinski definition) is 1. The summed E-state index contributed by atoms with van der Waals surface area (Å²) >= 11 is 3.34. The highest BCUT2D eigenvalue weighted by atomic mass is 32.2. The maximum Gasteiger partial charge on any atom is 0.305 e. The number of likely N-dealkylation sites (tertiary alicyclic amines) is 1. The molecule has 1 aromatic heterocycles. The lowest BCUT2D eigenvalue weighted by Crippen LogP contribution is -2.37. The van der Waals surface area contributed by atoms with Crippen molar-refractivity contribution in [2.45, 2.75) is 44.4 Å². The zero-order chi connectivity index (χ0) is 15.2. The van der Waals surface area contributed by atoms with Crippen molar-refractivity contribution in [1.29, 1.82) is 0 Å². The van der Waals surface area contributed by atoms with E-state index in [2.05, 4.69) is 4.98 Å². The van der Waals surface area contributed by atoms with Gasteiger partial charge in [-0.3, -0.25) is 9.59 Å². The molecule has 1 aromatic rings. The topological polar surface area (TPSA) is 70.5 Å². The second kappa shape index (κ2) is 7.79. The minimum atomic E-state index is -0.826. The number of carbonyl (C=O) groups excluding carboxylic acids is 1. The first kappa shape index (κ1) is 16.3. The van der Waals surface area contributed by atoms with Crippen LogP contribution in [0.1, 0.15) is 36.4 Å². The summed E-state index contributed by atoms with van der Waals surface area (Å²) in [5.41, 5.74) is 1.07. The molecule has 0 aromatic carbocycles. The number of amides is 1. The van der Waals surface area contributed by atoms with Gasteiger partial charge in [0.15, 0.2) is 0 Å². The highest BCUT2D eigenvalue weighted by molar-refractivity contribution is 7.98. The number of aryl methyl sites for hydroxylation is 1. The molecule has 0 saturated carbocycles. The van der Waals surface area contributed by atoms with Gasteiger partial charge in [0.25, 0.3) is 0 Å². The lowest BCUT2D eigenvalue weighted by Gasteiger charge is -2.23. The van der Waals surface area contributed by atoms with Gasteiger partial charge in [0, 0.05) is 35.9 Å². The SMILES string of the molecule is Cc1nc(CSCCC(=O)N2CCCC2CC(=O)O)cs1. The van der Waals surface area contributed by atoms with Gasteiger partial charge >= 0.3 is 5.97 Å². The summed E-state index contributed by atoms with van der Waals surface area (Å²) in [5, 5.41) is 12.0. The van der Waals surface area contributed by atoms with E-state index in [0.29, 0.717) is 13.0 Å². The Morgan fingerprint density at radius 1 is 1.57 bits per heavy atom. The van der Waals surface area contributed by atoms with E-state index < -0.39 is 5.97 Å². The van der Waals surface area contributed by atoms with Crippen LogP contribution in [0.4, 0.5) is 0 Å². The molecule has 2 heterocycles. The summed E-state index contributed by atoms with van der Waals surface area (Å²) in [5.74, 6) is 0.843. The van der Waals surface area contributed by atoms with Crippen molar-refractivity contribution in [3.63, 3.8) is 0 Å². The minimum absolute atomic E-state index is 0.0665. The van der Waals surface area contributed by atoms with Crippen LogP contribution in [-0.4, -0.2) is 45.2 Å². The number of aromatic nitrogens is 1. The van der Waals surface area contributed by atoms with E-state index in [0.717, 1.165) is 35.0 Å². The monoisotopic (exact) mass is 328 g/mol. The summed E-state index contributed by atoms with van der Waals surface area (Å²) in [6.07, 6.45) is 2.26. The van der Waals surface area contributed by atoms with Gasteiger partial charge in [-0.1, -0.05) is 0 Å². The molecule has 1 aliphatic rings. The molecule has 0 bridgehead atoms. The molecule has 7 heteroatoms. The first-order valence-corrected chi connectivity index (χ1v) is 9.09. The van der Waals surface area contributed by atoms with Gasteiger partial charge in [-0.2, -0.15) is 11.8 Å². The van der Waals surface area contributed by atoms with Crippen LogP contribution in [0.15, 0.2) is 5.38 Å². The van der Waals surface area contributed by atoms with Crippen molar-refractivity contribution in [3.05, 3.63) is 16.1 Å². The molecule has 1 N–H and O–H groups in total. The molecule has 1 aliphatic heterocycles. The van der Waals surface area contributed by atoms with E-state index in [1.54, 1.807) is 28.0 Å². The van der Waals surface area contributed by atoms with E-state index in [1.807, 2.05) is 12.3 Å². The average Bonchev–Trinajstić information content (AvgIpc) is 3.03. The van der Waals surface area contributed by atoms with E-state index in [1.165, 1.54) is 0 Å². The maximum absolute atomic E-state index is 12.2. The van der Waals surface area contributed by atoms with Crippen molar-refractivity contribution >= 4 is 35.0 Å². The zero-order valence-electron chi connectivity index (χ0n) is 12.1. The number of carboxylic acid groups (broad SMARTS) is 1. The summed E-state index contributed by atoms with van der Waals surface area (Å²) in [4.78, 5) is 29.1. The first-order chi connectivity index (χ1) is 10.1. The lowest BCUT2D eigenvalue weighted by atomic mass is 10.1. The van der Waals surface area contributed by atoms with Crippen LogP contribution in [0, 0.1) is 6.92 Å². The molecule has 0 spiro atoms. The summed E-state index contributed by atoms with van der Waals surface area (Å²) in [7, 11) is 0. The van der Waals surface area contributed by atoms with Crippen molar-refractivity contribution in [1.82, 2.24) is 9.88 Å². The van der Waals surface area contributed by atoms with Crippen LogP contribution in [0.2, 0.25) is 0 Å². The second-order valence-corrected chi connectivity index (χ2v) is 7.31.